The average molecular weight is 372 g/mol. The van der Waals surface area contributed by atoms with Gasteiger partial charge in [0.15, 0.2) is 5.58 Å². The lowest BCUT2D eigenvalue weighted by molar-refractivity contribution is 0.102. The summed E-state index contributed by atoms with van der Waals surface area (Å²) in [7, 11) is 1.57. The van der Waals surface area contributed by atoms with Crippen molar-refractivity contribution in [3.63, 3.8) is 0 Å². The zero-order valence-electron chi connectivity index (χ0n) is 15.9. The van der Waals surface area contributed by atoms with E-state index in [2.05, 4.69) is 16.4 Å². The molecule has 0 aliphatic carbocycles. The van der Waals surface area contributed by atoms with Gasteiger partial charge in [-0.3, -0.25) is 4.79 Å². The third kappa shape index (κ3) is 3.60. The summed E-state index contributed by atoms with van der Waals surface area (Å²) in [4.78, 5) is 17.1. The molecule has 4 aromatic rings. The van der Waals surface area contributed by atoms with Gasteiger partial charge in [0, 0.05) is 16.8 Å². The lowest BCUT2D eigenvalue weighted by atomic mass is 10.1. The molecule has 0 aliphatic heterocycles. The topological polar surface area (TPSA) is 64.4 Å². The van der Waals surface area contributed by atoms with E-state index < -0.39 is 0 Å². The molecule has 1 N–H and O–H groups in total. The van der Waals surface area contributed by atoms with Gasteiger partial charge >= 0.3 is 0 Å². The molecule has 5 nitrogen and oxygen atoms in total. The lowest BCUT2D eigenvalue weighted by Crippen LogP contribution is -2.11. The monoisotopic (exact) mass is 372 g/mol. The number of methoxy groups -OCH3 is 1. The fraction of sp³-hybridized carbons (Fsp3) is 0.130. The molecule has 5 heteroatoms. The Morgan fingerprint density at radius 2 is 1.79 bits per heavy atom. The number of hydrogen-bond acceptors (Lipinski definition) is 4. The number of aryl methyl sites for hydroxylation is 2. The van der Waals surface area contributed by atoms with Gasteiger partial charge in [-0.2, -0.15) is 0 Å². The number of carbonyl (C=O) groups excluding carboxylic acids is 1. The number of nitrogens with one attached hydrogen (secondary N) is 1. The normalized spacial score (nSPS) is 10.8. The lowest BCUT2D eigenvalue weighted by Gasteiger charge is -2.06. The van der Waals surface area contributed by atoms with Gasteiger partial charge in [-0.15, -0.1) is 0 Å². The van der Waals surface area contributed by atoms with E-state index in [4.69, 9.17) is 9.15 Å². The number of amides is 1. The first-order valence-electron chi connectivity index (χ1n) is 8.96. The van der Waals surface area contributed by atoms with E-state index in [-0.39, 0.29) is 5.91 Å². The van der Waals surface area contributed by atoms with E-state index in [0.717, 1.165) is 16.7 Å². The highest BCUT2D eigenvalue weighted by molar-refractivity contribution is 6.05. The number of anilines is 1. The second-order valence-corrected chi connectivity index (χ2v) is 6.76. The van der Waals surface area contributed by atoms with Crippen molar-refractivity contribution in [1.29, 1.82) is 0 Å². The van der Waals surface area contributed by atoms with Crippen LogP contribution in [0.1, 0.15) is 21.5 Å². The minimum Gasteiger partial charge on any atom is -0.497 e. The average Bonchev–Trinajstić information content (AvgIpc) is 3.11. The van der Waals surface area contributed by atoms with Crippen LogP contribution in [0.2, 0.25) is 0 Å². The zero-order valence-corrected chi connectivity index (χ0v) is 15.9. The van der Waals surface area contributed by atoms with Gasteiger partial charge in [0.05, 0.1) is 7.11 Å². The molecule has 4 rings (SSSR count). The van der Waals surface area contributed by atoms with E-state index in [0.29, 0.717) is 34.0 Å². The molecule has 140 valence electrons. The third-order valence-electron chi connectivity index (χ3n) is 4.45. The van der Waals surface area contributed by atoms with Crippen LogP contribution < -0.4 is 10.1 Å². The number of benzene rings is 3. The highest BCUT2D eigenvalue weighted by Crippen LogP contribution is 2.28. The van der Waals surface area contributed by atoms with Gasteiger partial charge in [-0.05, 0) is 62.4 Å². The summed E-state index contributed by atoms with van der Waals surface area (Å²) >= 11 is 0. The molecule has 1 amide bonds. The van der Waals surface area contributed by atoms with Crippen LogP contribution in [-0.2, 0) is 0 Å². The molecule has 1 heterocycles. The van der Waals surface area contributed by atoms with Crippen molar-refractivity contribution < 1.29 is 13.9 Å². The van der Waals surface area contributed by atoms with Gasteiger partial charge in [-0.1, -0.05) is 23.3 Å². The Labute approximate surface area is 163 Å². The van der Waals surface area contributed by atoms with Crippen LogP contribution in [0, 0.1) is 13.8 Å². The van der Waals surface area contributed by atoms with Crippen LogP contribution in [0.15, 0.2) is 65.1 Å². The van der Waals surface area contributed by atoms with Crippen LogP contribution in [-0.4, -0.2) is 18.0 Å². The SMILES string of the molecule is COc1cccc(C(=O)Nc2ccc3oc(-c4cc(C)cc(C)c4)nc3c2)c1. The fourth-order valence-corrected chi connectivity index (χ4v) is 3.19. The number of hydrogen-bond donors (Lipinski definition) is 1. The summed E-state index contributed by atoms with van der Waals surface area (Å²) in [6, 6.07) is 18.6. The van der Waals surface area contributed by atoms with Gasteiger partial charge in [0.1, 0.15) is 11.3 Å². The molecule has 0 saturated heterocycles. The maximum Gasteiger partial charge on any atom is 0.255 e. The van der Waals surface area contributed by atoms with Crippen LogP contribution in [0.5, 0.6) is 5.75 Å². The molecule has 0 fully saturated rings. The summed E-state index contributed by atoms with van der Waals surface area (Å²) in [6.45, 7) is 4.09. The second-order valence-electron chi connectivity index (χ2n) is 6.76. The molecular formula is C23H20N2O3. The minimum absolute atomic E-state index is 0.212. The van der Waals surface area contributed by atoms with E-state index >= 15 is 0 Å². The van der Waals surface area contributed by atoms with Crippen molar-refractivity contribution in [3.8, 4) is 17.2 Å². The number of rotatable bonds is 4. The predicted octanol–water partition coefficient (Wildman–Crippen LogP) is 5.37. The number of fused-ring (bicyclic) bond motifs is 1. The summed E-state index contributed by atoms with van der Waals surface area (Å²) < 4.78 is 11.1. The van der Waals surface area contributed by atoms with E-state index in [9.17, 15) is 4.79 Å². The summed E-state index contributed by atoms with van der Waals surface area (Å²) in [6.07, 6.45) is 0. The molecule has 28 heavy (non-hydrogen) atoms. The summed E-state index contributed by atoms with van der Waals surface area (Å²) in [5.41, 5.74) is 5.80. The molecule has 3 aromatic carbocycles. The van der Waals surface area contributed by atoms with Gasteiger partial charge in [0.25, 0.3) is 5.91 Å². The molecule has 0 radical (unpaired) electrons. The molecule has 0 atom stereocenters. The van der Waals surface area contributed by atoms with E-state index in [1.54, 1.807) is 37.4 Å². The zero-order chi connectivity index (χ0) is 19.7. The van der Waals surface area contributed by atoms with Crippen LogP contribution in [0.4, 0.5) is 5.69 Å². The Hall–Kier alpha value is -3.60. The van der Waals surface area contributed by atoms with Crippen molar-refractivity contribution in [2.75, 3.05) is 12.4 Å². The quantitative estimate of drug-likeness (QED) is 0.523. The molecule has 0 spiro atoms. The van der Waals surface area contributed by atoms with Crippen molar-refractivity contribution in [2.24, 2.45) is 0 Å². The molecule has 0 saturated carbocycles. The van der Waals surface area contributed by atoms with Crippen LogP contribution in [0.25, 0.3) is 22.6 Å². The fourth-order valence-electron chi connectivity index (χ4n) is 3.19. The summed E-state index contributed by atoms with van der Waals surface area (Å²) in [5.74, 6) is 0.993. The van der Waals surface area contributed by atoms with Gasteiger partial charge < -0.3 is 14.5 Å². The predicted molar refractivity (Wildman–Crippen MR) is 110 cm³/mol. The van der Waals surface area contributed by atoms with E-state index in [1.165, 1.54) is 0 Å². The maximum absolute atomic E-state index is 12.5. The standard InChI is InChI=1S/C23H20N2O3/c1-14-9-15(2)11-17(10-14)23-25-20-13-18(7-8-21(20)28-23)24-22(26)16-5-4-6-19(12-16)27-3/h4-13H,1-3H3,(H,24,26). The first-order chi connectivity index (χ1) is 13.5. The maximum atomic E-state index is 12.5. The Morgan fingerprint density at radius 1 is 1.00 bits per heavy atom. The largest absolute Gasteiger partial charge is 0.497 e. The Kier molecular flexibility index (Phi) is 4.57. The summed E-state index contributed by atoms with van der Waals surface area (Å²) in [5, 5.41) is 2.89. The van der Waals surface area contributed by atoms with Crippen molar-refractivity contribution in [3.05, 3.63) is 77.4 Å². The highest BCUT2D eigenvalue weighted by Gasteiger charge is 2.12. The third-order valence-corrected chi connectivity index (χ3v) is 4.45. The van der Waals surface area contributed by atoms with E-state index in [1.807, 2.05) is 38.1 Å². The number of aromatic nitrogens is 1. The molecular weight excluding hydrogens is 352 g/mol. The van der Waals surface area contributed by atoms with Crippen molar-refractivity contribution in [1.82, 2.24) is 4.98 Å². The second kappa shape index (κ2) is 7.19. The Balaban J connectivity index is 1.62. The van der Waals surface area contributed by atoms with Crippen LogP contribution >= 0.6 is 0 Å². The number of ether oxygens (including phenoxy) is 1. The number of oxazole rings is 1. The van der Waals surface area contributed by atoms with Crippen molar-refractivity contribution >= 4 is 22.7 Å². The molecule has 0 aliphatic rings. The molecule has 0 bridgehead atoms. The van der Waals surface area contributed by atoms with Crippen LogP contribution in [0.3, 0.4) is 0 Å². The Bertz CT molecular complexity index is 1160. The number of nitrogens with zero attached hydrogens (tertiary/aromatic N) is 1. The van der Waals surface area contributed by atoms with Gasteiger partial charge in [-0.25, -0.2) is 4.98 Å². The first kappa shape index (κ1) is 17.8. The van der Waals surface area contributed by atoms with Gasteiger partial charge in [0.2, 0.25) is 5.89 Å². The first-order valence-corrected chi connectivity index (χ1v) is 8.96. The smallest absolute Gasteiger partial charge is 0.255 e. The van der Waals surface area contributed by atoms with Crippen molar-refractivity contribution in [2.45, 2.75) is 13.8 Å². The molecule has 1 aromatic heterocycles. The minimum atomic E-state index is -0.212. The number of carbonyl (C=O) groups is 1. The highest BCUT2D eigenvalue weighted by atomic mass is 16.5. The Morgan fingerprint density at radius 3 is 2.54 bits per heavy atom. The molecule has 0 unspecified atom stereocenters.